The first-order valence-corrected chi connectivity index (χ1v) is 10.4. The van der Waals surface area contributed by atoms with E-state index in [1.165, 1.54) is 24.3 Å². The Kier molecular flexibility index (Phi) is 5.83. The van der Waals surface area contributed by atoms with Gasteiger partial charge in [0.2, 0.25) is 5.91 Å². The Morgan fingerprint density at radius 3 is 2.16 bits per heavy atom. The summed E-state index contributed by atoms with van der Waals surface area (Å²) in [7, 11) is 0. The fourth-order valence-electron chi connectivity index (χ4n) is 3.62. The molecule has 9 heteroatoms. The van der Waals surface area contributed by atoms with Crippen molar-refractivity contribution in [1.29, 1.82) is 0 Å². The molecule has 8 nitrogen and oxygen atoms in total. The van der Waals surface area contributed by atoms with Crippen LogP contribution in [0.15, 0.2) is 83.3 Å². The number of non-ortho nitro benzene ring substituents is 1. The third-order valence-corrected chi connectivity index (χ3v) is 5.72. The number of carbonyl (C=O) groups excluding carboxylic acids is 3. The standard InChI is InChI=1S/C23H16BrN3O5/c24-16-10-6-15(7-11-16)21(28)19-20(14-8-12-18(13-9-14)27(31)32)25-23(30)26(22(19)29)17-4-2-1-3-5-17/h1-13,19-20H,(H,25,30)/t19-,20-/m0/s1. The molecule has 3 aromatic carbocycles. The van der Waals surface area contributed by atoms with Crippen molar-refractivity contribution in [3.63, 3.8) is 0 Å². The monoisotopic (exact) mass is 493 g/mol. The topological polar surface area (TPSA) is 110 Å². The zero-order valence-corrected chi connectivity index (χ0v) is 18.1. The largest absolute Gasteiger partial charge is 0.329 e. The van der Waals surface area contributed by atoms with Crippen LogP contribution in [0.4, 0.5) is 16.2 Å². The lowest BCUT2D eigenvalue weighted by Crippen LogP contribution is -2.58. The first kappa shape index (κ1) is 21.4. The zero-order chi connectivity index (χ0) is 22.8. The normalized spacial score (nSPS) is 18.2. The maximum atomic E-state index is 13.5. The summed E-state index contributed by atoms with van der Waals surface area (Å²) in [6.07, 6.45) is 0. The minimum Gasteiger partial charge on any atom is -0.329 e. The summed E-state index contributed by atoms with van der Waals surface area (Å²) in [5.41, 5.74) is 0.928. The molecule has 0 radical (unpaired) electrons. The summed E-state index contributed by atoms with van der Waals surface area (Å²) < 4.78 is 0.773. The Morgan fingerprint density at radius 2 is 1.56 bits per heavy atom. The van der Waals surface area contributed by atoms with Gasteiger partial charge in [-0.2, -0.15) is 0 Å². The first-order chi connectivity index (χ1) is 15.4. The molecule has 3 aromatic rings. The molecule has 1 fully saturated rings. The number of carbonyl (C=O) groups is 3. The molecular formula is C23H16BrN3O5. The maximum absolute atomic E-state index is 13.5. The van der Waals surface area contributed by atoms with Gasteiger partial charge in [0.05, 0.1) is 16.7 Å². The molecule has 1 aliphatic rings. The average molecular weight is 494 g/mol. The molecular weight excluding hydrogens is 478 g/mol. The molecule has 0 spiro atoms. The van der Waals surface area contributed by atoms with Gasteiger partial charge < -0.3 is 5.32 Å². The van der Waals surface area contributed by atoms with Gasteiger partial charge in [0, 0.05) is 22.2 Å². The second-order valence-corrected chi connectivity index (χ2v) is 8.05. The molecule has 1 saturated heterocycles. The summed E-state index contributed by atoms with van der Waals surface area (Å²) >= 11 is 3.32. The number of Topliss-reactive ketones (excluding diaryl/α,β-unsaturated/α-hetero) is 1. The molecule has 0 bridgehead atoms. The quantitative estimate of drug-likeness (QED) is 0.240. The summed E-state index contributed by atoms with van der Waals surface area (Å²) in [6, 6.07) is 18.7. The summed E-state index contributed by atoms with van der Waals surface area (Å²) in [4.78, 5) is 51.2. The number of imide groups is 1. The summed E-state index contributed by atoms with van der Waals surface area (Å²) in [5, 5.41) is 13.7. The van der Waals surface area contributed by atoms with Crippen LogP contribution in [-0.2, 0) is 4.79 Å². The van der Waals surface area contributed by atoms with Crippen molar-refractivity contribution in [2.45, 2.75) is 6.04 Å². The van der Waals surface area contributed by atoms with E-state index in [0.29, 0.717) is 16.8 Å². The highest BCUT2D eigenvalue weighted by Crippen LogP contribution is 2.34. The number of anilines is 1. The van der Waals surface area contributed by atoms with Crippen LogP contribution in [0.1, 0.15) is 22.0 Å². The number of nitrogens with zero attached hydrogens (tertiary/aromatic N) is 2. The second-order valence-electron chi connectivity index (χ2n) is 7.13. The molecule has 4 rings (SSSR count). The van der Waals surface area contributed by atoms with Gasteiger partial charge in [0.25, 0.3) is 5.69 Å². The molecule has 2 atom stereocenters. The van der Waals surface area contributed by atoms with Gasteiger partial charge in [0.1, 0.15) is 5.92 Å². The number of nitrogens with one attached hydrogen (secondary N) is 1. The Morgan fingerprint density at radius 1 is 0.938 bits per heavy atom. The van der Waals surface area contributed by atoms with Crippen LogP contribution in [0.2, 0.25) is 0 Å². The highest BCUT2D eigenvalue weighted by molar-refractivity contribution is 9.10. The van der Waals surface area contributed by atoms with Crippen molar-refractivity contribution in [3.05, 3.63) is 105 Å². The van der Waals surface area contributed by atoms with Crippen LogP contribution >= 0.6 is 15.9 Å². The van der Waals surface area contributed by atoms with Gasteiger partial charge in [-0.3, -0.25) is 19.7 Å². The molecule has 32 heavy (non-hydrogen) atoms. The van der Waals surface area contributed by atoms with Crippen LogP contribution in [0.25, 0.3) is 0 Å². The molecule has 0 saturated carbocycles. The van der Waals surface area contributed by atoms with Gasteiger partial charge in [-0.25, -0.2) is 9.69 Å². The molecule has 0 unspecified atom stereocenters. The van der Waals surface area contributed by atoms with E-state index in [4.69, 9.17) is 0 Å². The van der Waals surface area contributed by atoms with E-state index < -0.39 is 34.6 Å². The molecule has 0 aromatic heterocycles. The van der Waals surface area contributed by atoms with E-state index in [0.717, 1.165) is 9.37 Å². The van der Waals surface area contributed by atoms with Gasteiger partial charge in [-0.1, -0.05) is 58.4 Å². The third kappa shape index (κ3) is 4.02. The van der Waals surface area contributed by atoms with Crippen LogP contribution in [0.3, 0.4) is 0 Å². The van der Waals surface area contributed by atoms with E-state index in [-0.39, 0.29) is 5.69 Å². The fourth-order valence-corrected chi connectivity index (χ4v) is 3.88. The molecule has 160 valence electrons. The minimum absolute atomic E-state index is 0.135. The fraction of sp³-hybridized carbons (Fsp3) is 0.0870. The van der Waals surface area contributed by atoms with Crippen LogP contribution < -0.4 is 10.2 Å². The van der Waals surface area contributed by atoms with E-state index in [2.05, 4.69) is 21.2 Å². The Hall–Kier alpha value is -3.85. The number of ketones is 1. The highest BCUT2D eigenvalue weighted by Gasteiger charge is 2.46. The first-order valence-electron chi connectivity index (χ1n) is 9.60. The zero-order valence-electron chi connectivity index (χ0n) is 16.5. The summed E-state index contributed by atoms with van der Waals surface area (Å²) in [6.45, 7) is 0. The van der Waals surface area contributed by atoms with Crippen molar-refractivity contribution in [3.8, 4) is 0 Å². The molecule has 1 N–H and O–H groups in total. The molecule has 3 amide bonds. The van der Waals surface area contributed by atoms with Crippen LogP contribution in [-0.4, -0.2) is 22.6 Å². The van der Waals surface area contributed by atoms with E-state index in [1.54, 1.807) is 54.6 Å². The maximum Gasteiger partial charge on any atom is 0.329 e. The SMILES string of the molecule is O=C(c1ccc(Br)cc1)[C@H]1C(=O)N(c2ccccc2)C(=O)N[C@H]1c1ccc([N+](=O)[O-])cc1. The Bertz CT molecular complexity index is 1200. The van der Waals surface area contributed by atoms with Crippen molar-refractivity contribution >= 4 is 45.0 Å². The van der Waals surface area contributed by atoms with Gasteiger partial charge in [-0.15, -0.1) is 0 Å². The predicted molar refractivity (Wildman–Crippen MR) is 120 cm³/mol. The molecule has 0 aliphatic carbocycles. The lowest BCUT2D eigenvalue weighted by molar-refractivity contribution is -0.384. The van der Waals surface area contributed by atoms with Crippen molar-refractivity contribution in [2.75, 3.05) is 4.90 Å². The Balaban J connectivity index is 1.78. The predicted octanol–water partition coefficient (Wildman–Crippen LogP) is 4.65. The second kappa shape index (κ2) is 8.72. The van der Waals surface area contributed by atoms with E-state index in [1.807, 2.05) is 0 Å². The minimum atomic E-state index is -1.25. The number of halogens is 1. The number of hydrogen-bond donors (Lipinski definition) is 1. The van der Waals surface area contributed by atoms with Crippen LogP contribution in [0, 0.1) is 16.0 Å². The lowest BCUT2D eigenvalue weighted by atomic mass is 9.84. The highest BCUT2D eigenvalue weighted by atomic mass is 79.9. The lowest BCUT2D eigenvalue weighted by Gasteiger charge is -2.37. The van der Waals surface area contributed by atoms with Gasteiger partial charge in [-0.05, 0) is 29.8 Å². The smallest absolute Gasteiger partial charge is 0.329 e. The van der Waals surface area contributed by atoms with Crippen molar-refractivity contribution < 1.29 is 19.3 Å². The number of nitro groups is 1. The van der Waals surface area contributed by atoms with Crippen LogP contribution in [0.5, 0.6) is 0 Å². The molecule has 1 heterocycles. The Labute approximate surface area is 191 Å². The number of nitro benzene ring substituents is 1. The number of para-hydroxylation sites is 1. The van der Waals surface area contributed by atoms with E-state index in [9.17, 15) is 24.5 Å². The molecule has 1 aliphatic heterocycles. The van der Waals surface area contributed by atoms with Gasteiger partial charge in [0.15, 0.2) is 5.78 Å². The number of benzene rings is 3. The van der Waals surface area contributed by atoms with Crippen molar-refractivity contribution in [1.82, 2.24) is 5.32 Å². The third-order valence-electron chi connectivity index (χ3n) is 5.19. The number of hydrogen-bond acceptors (Lipinski definition) is 5. The number of amides is 3. The average Bonchev–Trinajstić information content (AvgIpc) is 2.79. The van der Waals surface area contributed by atoms with Crippen molar-refractivity contribution in [2.24, 2.45) is 5.92 Å². The number of urea groups is 1. The summed E-state index contributed by atoms with van der Waals surface area (Å²) in [5.74, 6) is -2.39. The van der Waals surface area contributed by atoms with E-state index >= 15 is 0 Å². The number of rotatable bonds is 5. The van der Waals surface area contributed by atoms with Gasteiger partial charge >= 0.3 is 6.03 Å².